The molecule has 9 aromatic carbocycles. The molecule has 4 aromatic heterocycles. The second-order valence-corrected chi connectivity index (χ2v) is 16.7. The number of rotatable bonds is 6. The lowest BCUT2D eigenvalue weighted by Gasteiger charge is -2.25. The van der Waals surface area contributed by atoms with Gasteiger partial charge in [-0.15, -0.1) is 11.3 Å². The molecule has 0 bridgehead atoms. The van der Waals surface area contributed by atoms with Crippen molar-refractivity contribution in [2.75, 3.05) is 4.90 Å². The molecule has 0 saturated carbocycles. The summed E-state index contributed by atoms with van der Waals surface area (Å²) in [6.07, 6.45) is 0. The standard InChI is InChI=1S/C55H32N4O2S/c1-2-12-34(13-3-1)53-56-54(58-55(57-53)45-18-10-14-33-11-4-5-15-39(33)45)35-21-28-48-46(29-35)42-26-23-37(31-50(42)61-48)59(36-22-25-41-40-16-6-8-19-47(40)60-49(41)30-36)38-24-27-44-43-17-7-9-20-51(43)62-52(44)32-38/h1-32H. The maximum Gasteiger partial charge on any atom is 0.164 e. The number of aromatic nitrogens is 3. The Morgan fingerprint density at radius 3 is 1.71 bits per heavy atom. The van der Waals surface area contributed by atoms with E-state index in [9.17, 15) is 0 Å². The summed E-state index contributed by atoms with van der Waals surface area (Å²) < 4.78 is 15.6. The van der Waals surface area contributed by atoms with Gasteiger partial charge in [0.25, 0.3) is 0 Å². The van der Waals surface area contributed by atoms with Crippen LogP contribution in [0.15, 0.2) is 203 Å². The third-order valence-electron chi connectivity index (χ3n) is 11.9. The molecule has 13 rings (SSSR count). The van der Waals surface area contributed by atoms with Gasteiger partial charge in [0.15, 0.2) is 17.5 Å². The van der Waals surface area contributed by atoms with Crippen LogP contribution in [0.25, 0.3) is 109 Å². The number of thiophene rings is 1. The summed E-state index contributed by atoms with van der Waals surface area (Å²) in [4.78, 5) is 17.5. The molecule has 6 nitrogen and oxygen atoms in total. The Morgan fingerprint density at radius 2 is 0.903 bits per heavy atom. The third-order valence-corrected chi connectivity index (χ3v) is 13.0. The van der Waals surface area contributed by atoms with Crippen LogP contribution in [0.3, 0.4) is 0 Å². The van der Waals surface area contributed by atoms with Gasteiger partial charge >= 0.3 is 0 Å². The van der Waals surface area contributed by atoms with Gasteiger partial charge in [0.1, 0.15) is 22.3 Å². The van der Waals surface area contributed by atoms with Gasteiger partial charge in [0.2, 0.25) is 0 Å². The molecule has 13 aromatic rings. The van der Waals surface area contributed by atoms with Crippen molar-refractivity contribution in [3.8, 4) is 34.2 Å². The first-order chi connectivity index (χ1) is 30.7. The summed E-state index contributed by atoms with van der Waals surface area (Å²) in [5, 5.41) is 8.94. The van der Waals surface area contributed by atoms with Crippen molar-refractivity contribution in [1.82, 2.24) is 15.0 Å². The Morgan fingerprint density at radius 1 is 0.339 bits per heavy atom. The monoisotopic (exact) mass is 812 g/mol. The zero-order valence-corrected chi connectivity index (χ0v) is 33.8. The third kappa shape index (κ3) is 5.60. The lowest BCUT2D eigenvalue weighted by molar-refractivity contribution is 0.669. The number of nitrogens with zero attached hydrogens (tertiary/aromatic N) is 4. The highest BCUT2D eigenvalue weighted by atomic mass is 32.1. The Labute approximate surface area is 358 Å². The first-order valence-corrected chi connectivity index (χ1v) is 21.4. The van der Waals surface area contributed by atoms with Gasteiger partial charge < -0.3 is 13.7 Å². The van der Waals surface area contributed by atoms with Crippen LogP contribution in [-0.2, 0) is 0 Å². The summed E-state index contributed by atoms with van der Waals surface area (Å²) >= 11 is 1.82. The van der Waals surface area contributed by atoms with Crippen LogP contribution < -0.4 is 4.90 Å². The molecule has 290 valence electrons. The fourth-order valence-corrected chi connectivity index (χ4v) is 10.1. The van der Waals surface area contributed by atoms with Crippen LogP contribution in [0.5, 0.6) is 0 Å². The Hall–Kier alpha value is -8.13. The van der Waals surface area contributed by atoms with Crippen molar-refractivity contribution < 1.29 is 8.83 Å². The molecule has 0 saturated heterocycles. The predicted octanol–water partition coefficient (Wildman–Crippen LogP) is 15.7. The van der Waals surface area contributed by atoms with Gasteiger partial charge in [-0.3, -0.25) is 0 Å². The van der Waals surface area contributed by atoms with Crippen LogP contribution in [-0.4, -0.2) is 15.0 Å². The molecule has 0 fully saturated rings. The van der Waals surface area contributed by atoms with Gasteiger partial charge in [-0.1, -0.05) is 115 Å². The molecule has 4 heterocycles. The Balaban J connectivity index is 0.957. The van der Waals surface area contributed by atoms with Crippen molar-refractivity contribution in [2.45, 2.75) is 0 Å². The van der Waals surface area contributed by atoms with Crippen LogP contribution in [0.2, 0.25) is 0 Å². The molecule has 0 aliphatic heterocycles. The smallest absolute Gasteiger partial charge is 0.164 e. The topological polar surface area (TPSA) is 68.2 Å². The minimum atomic E-state index is 0.596. The number of hydrogen-bond acceptors (Lipinski definition) is 7. The summed E-state index contributed by atoms with van der Waals surface area (Å²) in [5.41, 5.74) is 9.05. The molecule has 0 unspecified atom stereocenters. The molecule has 0 atom stereocenters. The maximum atomic E-state index is 6.66. The fraction of sp³-hybridized carbons (Fsp3) is 0. The number of furan rings is 2. The van der Waals surface area contributed by atoms with Crippen LogP contribution >= 0.6 is 11.3 Å². The summed E-state index contributed by atoms with van der Waals surface area (Å²) in [6.45, 7) is 0. The van der Waals surface area contributed by atoms with Gasteiger partial charge in [-0.2, -0.15) is 0 Å². The van der Waals surface area contributed by atoms with Gasteiger partial charge in [-0.25, -0.2) is 15.0 Å². The highest BCUT2D eigenvalue weighted by Crippen LogP contribution is 2.44. The molecule has 62 heavy (non-hydrogen) atoms. The lowest BCUT2D eigenvalue weighted by atomic mass is 10.0. The van der Waals surface area contributed by atoms with Crippen molar-refractivity contribution in [3.63, 3.8) is 0 Å². The van der Waals surface area contributed by atoms with Crippen molar-refractivity contribution in [2.24, 2.45) is 0 Å². The molecule has 0 radical (unpaired) electrons. The van der Waals surface area contributed by atoms with Crippen LogP contribution in [0.4, 0.5) is 17.1 Å². The van der Waals surface area contributed by atoms with E-state index >= 15 is 0 Å². The SMILES string of the molecule is c1ccc(-c2nc(-c3ccc4oc5cc(N(c6ccc7c(c6)oc6ccccc67)c6ccc7c(c6)sc6ccccc67)ccc5c4c3)nc(-c3cccc4ccccc34)n2)cc1. The molecule has 0 spiro atoms. The normalized spacial score (nSPS) is 11.9. The van der Waals surface area contributed by atoms with E-state index in [-0.39, 0.29) is 0 Å². The summed E-state index contributed by atoms with van der Waals surface area (Å²) in [7, 11) is 0. The van der Waals surface area contributed by atoms with E-state index < -0.39 is 0 Å². The molecule has 0 amide bonds. The van der Waals surface area contributed by atoms with Crippen LogP contribution in [0.1, 0.15) is 0 Å². The Kier molecular flexibility index (Phi) is 7.67. The number of hydrogen-bond donors (Lipinski definition) is 0. The minimum Gasteiger partial charge on any atom is -0.456 e. The molecular formula is C55H32N4O2S. The number of fused-ring (bicyclic) bond motifs is 10. The molecule has 7 heteroatoms. The average Bonchev–Trinajstić information content (AvgIpc) is 4.02. The lowest BCUT2D eigenvalue weighted by Crippen LogP contribution is -2.09. The van der Waals surface area contributed by atoms with E-state index in [1.165, 1.54) is 20.2 Å². The number of benzene rings is 9. The van der Waals surface area contributed by atoms with Crippen molar-refractivity contribution in [3.05, 3.63) is 194 Å². The highest BCUT2D eigenvalue weighted by Gasteiger charge is 2.20. The van der Waals surface area contributed by atoms with E-state index in [0.717, 1.165) is 88.4 Å². The van der Waals surface area contributed by atoms with E-state index in [0.29, 0.717) is 17.5 Å². The molecular weight excluding hydrogens is 781 g/mol. The second kappa shape index (κ2) is 13.7. The number of anilines is 3. The van der Waals surface area contributed by atoms with E-state index in [1.807, 2.05) is 65.9 Å². The second-order valence-electron chi connectivity index (χ2n) is 15.6. The largest absolute Gasteiger partial charge is 0.456 e. The Bertz CT molecular complexity index is 3790. The van der Waals surface area contributed by atoms with E-state index in [1.54, 1.807) is 0 Å². The minimum absolute atomic E-state index is 0.596. The quantitative estimate of drug-likeness (QED) is 0.167. The van der Waals surface area contributed by atoms with Gasteiger partial charge in [-0.05, 0) is 77.5 Å². The number of para-hydroxylation sites is 1. The first-order valence-electron chi connectivity index (χ1n) is 20.6. The highest BCUT2D eigenvalue weighted by molar-refractivity contribution is 7.25. The molecule has 0 aliphatic rings. The van der Waals surface area contributed by atoms with Crippen molar-refractivity contribution >= 4 is 103 Å². The van der Waals surface area contributed by atoms with E-state index in [2.05, 4.69) is 144 Å². The average molecular weight is 813 g/mol. The summed E-state index contributed by atoms with van der Waals surface area (Å²) in [6, 6.07) is 67.4. The first kappa shape index (κ1) is 34.7. The zero-order chi connectivity index (χ0) is 40.7. The van der Waals surface area contributed by atoms with Crippen LogP contribution in [0, 0.1) is 0 Å². The molecule has 0 N–H and O–H groups in total. The summed E-state index contributed by atoms with van der Waals surface area (Å²) in [5.74, 6) is 1.84. The maximum absolute atomic E-state index is 6.66. The fourth-order valence-electron chi connectivity index (χ4n) is 8.96. The molecule has 0 aliphatic carbocycles. The van der Waals surface area contributed by atoms with Gasteiger partial charge in [0, 0.05) is 87.6 Å². The zero-order valence-electron chi connectivity index (χ0n) is 33.0. The van der Waals surface area contributed by atoms with Crippen molar-refractivity contribution in [1.29, 1.82) is 0 Å². The predicted molar refractivity (Wildman–Crippen MR) is 256 cm³/mol. The van der Waals surface area contributed by atoms with E-state index in [4.69, 9.17) is 23.8 Å². The van der Waals surface area contributed by atoms with Gasteiger partial charge in [0.05, 0.1) is 0 Å².